The highest BCUT2D eigenvalue weighted by Gasteiger charge is 2.32. The van der Waals surface area contributed by atoms with Crippen LogP contribution in [0.5, 0.6) is 11.5 Å². The summed E-state index contributed by atoms with van der Waals surface area (Å²) in [5.74, 6) is 0.539. The average Bonchev–Trinajstić information content (AvgIpc) is 2.99. The first-order valence-corrected chi connectivity index (χ1v) is 10.7. The van der Waals surface area contributed by atoms with Crippen molar-refractivity contribution >= 4 is 21.6 Å². The second-order valence-electron chi connectivity index (χ2n) is 7.58. The Morgan fingerprint density at radius 3 is 2.48 bits per heavy atom. The molecule has 0 bridgehead atoms. The van der Waals surface area contributed by atoms with Crippen molar-refractivity contribution in [2.24, 2.45) is 0 Å². The molecule has 0 unspecified atom stereocenters. The lowest BCUT2D eigenvalue weighted by Crippen LogP contribution is -2.33. The third-order valence-corrected chi connectivity index (χ3v) is 5.74. The van der Waals surface area contributed by atoms with Crippen molar-refractivity contribution in [3.8, 4) is 11.5 Å². The second-order valence-corrected chi connectivity index (χ2v) is 9.35. The highest BCUT2D eigenvalue weighted by atomic mass is 32.2. The predicted molar refractivity (Wildman–Crippen MR) is 107 cm³/mol. The van der Waals surface area contributed by atoms with Crippen LogP contribution >= 0.6 is 0 Å². The molecule has 1 aliphatic heterocycles. The maximum absolute atomic E-state index is 12.2. The number of hydrogen-bond acceptors (Lipinski definition) is 5. The van der Waals surface area contributed by atoms with Gasteiger partial charge >= 0.3 is 6.18 Å². The zero-order valence-corrected chi connectivity index (χ0v) is 17.6. The molecular formula is C20H21F3N2O5S. The molecule has 0 saturated carbocycles. The number of amides is 1. The normalized spacial score (nSPS) is 15.1. The van der Waals surface area contributed by atoms with Crippen LogP contribution in [0, 0.1) is 0 Å². The Balaban J connectivity index is 1.57. The summed E-state index contributed by atoms with van der Waals surface area (Å²) in [7, 11) is -4.32. The first kappa shape index (κ1) is 22.9. The molecule has 0 atom stereocenters. The third kappa shape index (κ3) is 6.11. The van der Waals surface area contributed by atoms with Gasteiger partial charge in [-0.1, -0.05) is 12.1 Å². The topological polar surface area (TPSA) is 93.7 Å². The van der Waals surface area contributed by atoms with Crippen LogP contribution in [0.4, 0.5) is 18.9 Å². The lowest BCUT2D eigenvalue weighted by Gasteiger charge is -2.18. The molecule has 0 fully saturated rings. The van der Waals surface area contributed by atoms with Crippen LogP contribution in [-0.2, 0) is 21.2 Å². The quantitative estimate of drug-likeness (QED) is 0.664. The largest absolute Gasteiger partial charge is 0.483 e. The van der Waals surface area contributed by atoms with E-state index >= 15 is 0 Å². The second kappa shape index (κ2) is 8.39. The van der Waals surface area contributed by atoms with Gasteiger partial charge in [-0.15, -0.1) is 0 Å². The van der Waals surface area contributed by atoms with Crippen LogP contribution in [0.25, 0.3) is 0 Å². The third-order valence-electron chi connectivity index (χ3n) is 4.32. The number of alkyl halides is 3. The zero-order valence-electron chi connectivity index (χ0n) is 16.7. The van der Waals surface area contributed by atoms with Crippen LogP contribution in [-0.4, -0.2) is 39.3 Å². The lowest BCUT2D eigenvalue weighted by molar-refractivity contribution is -0.121. The summed E-state index contributed by atoms with van der Waals surface area (Å²) in [6, 6.07) is 10.2. The van der Waals surface area contributed by atoms with Gasteiger partial charge in [0.05, 0.1) is 4.90 Å². The molecule has 0 aromatic heterocycles. The molecule has 1 heterocycles. The standard InChI is InChI=1S/C20H21F3N2O5S/c1-19(2)10-13-4-3-5-16(18(13)30-19)29-11-17(26)25-14-6-8-15(9-7-14)31(27,28)24-12-20(21,22)23/h3-9,24H,10-12H2,1-2H3,(H,25,26). The summed E-state index contributed by atoms with van der Waals surface area (Å²) in [6.07, 6.45) is -3.94. The van der Waals surface area contributed by atoms with Gasteiger partial charge < -0.3 is 14.8 Å². The van der Waals surface area contributed by atoms with Gasteiger partial charge in [0.2, 0.25) is 10.0 Å². The molecule has 1 amide bonds. The van der Waals surface area contributed by atoms with Crippen molar-refractivity contribution in [1.29, 1.82) is 0 Å². The van der Waals surface area contributed by atoms with Gasteiger partial charge in [-0.2, -0.15) is 13.2 Å². The summed E-state index contributed by atoms with van der Waals surface area (Å²) in [6.45, 7) is 1.92. The SMILES string of the molecule is CC1(C)Cc2cccc(OCC(=O)Nc3ccc(S(=O)(=O)NCC(F)(F)F)cc3)c2O1. The maximum Gasteiger partial charge on any atom is 0.402 e. The molecule has 3 rings (SSSR count). The molecule has 2 aromatic rings. The fourth-order valence-electron chi connectivity index (χ4n) is 3.02. The summed E-state index contributed by atoms with van der Waals surface area (Å²) in [5.41, 5.74) is 0.888. The number of para-hydroxylation sites is 1. The summed E-state index contributed by atoms with van der Waals surface area (Å²) < 4.78 is 73.3. The first-order valence-electron chi connectivity index (χ1n) is 9.25. The van der Waals surface area contributed by atoms with E-state index in [1.807, 2.05) is 26.0 Å². The summed E-state index contributed by atoms with van der Waals surface area (Å²) in [5, 5.41) is 2.53. The molecule has 0 saturated heterocycles. The van der Waals surface area contributed by atoms with E-state index in [4.69, 9.17) is 9.47 Å². The van der Waals surface area contributed by atoms with Gasteiger partial charge in [-0.05, 0) is 44.2 Å². The van der Waals surface area contributed by atoms with E-state index in [1.54, 1.807) is 6.07 Å². The minimum absolute atomic E-state index is 0.263. The zero-order chi connectivity index (χ0) is 22.9. The molecule has 0 radical (unpaired) electrons. The molecule has 1 aliphatic rings. The van der Waals surface area contributed by atoms with E-state index in [1.165, 1.54) is 16.9 Å². The minimum atomic E-state index is -4.67. The van der Waals surface area contributed by atoms with E-state index in [0.29, 0.717) is 11.5 Å². The Kier molecular flexibility index (Phi) is 6.19. The number of hydrogen-bond donors (Lipinski definition) is 2. The van der Waals surface area contributed by atoms with Gasteiger partial charge in [-0.25, -0.2) is 13.1 Å². The van der Waals surface area contributed by atoms with Crippen LogP contribution in [0.15, 0.2) is 47.4 Å². The number of carbonyl (C=O) groups excluding carboxylic acids is 1. The number of rotatable bonds is 7. The van der Waals surface area contributed by atoms with Crippen molar-refractivity contribution < 1.29 is 35.9 Å². The summed E-state index contributed by atoms with van der Waals surface area (Å²) >= 11 is 0. The molecule has 31 heavy (non-hydrogen) atoms. The van der Waals surface area contributed by atoms with Crippen LogP contribution in [0.2, 0.25) is 0 Å². The summed E-state index contributed by atoms with van der Waals surface area (Å²) in [4.78, 5) is 11.8. The van der Waals surface area contributed by atoms with Crippen molar-refractivity contribution in [2.45, 2.75) is 36.9 Å². The van der Waals surface area contributed by atoms with Gasteiger partial charge in [-0.3, -0.25) is 4.79 Å². The Bertz CT molecular complexity index is 1070. The molecule has 0 aliphatic carbocycles. The van der Waals surface area contributed by atoms with Gasteiger partial charge in [0, 0.05) is 17.7 Å². The van der Waals surface area contributed by atoms with Crippen LogP contribution in [0.3, 0.4) is 0 Å². The number of anilines is 1. The molecule has 2 N–H and O–H groups in total. The van der Waals surface area contributed by atoms with E-state index in [2.05, 4.69) is 5.32 Å². The Morgan fingerprint density at radius 1 is 1.16 bits per heavy atom. The molecule has 7 nitrogen and oxygen atoms in total. The fraction of sp³-hybridized carbons (Fsp3) is 0.350. The van der Waals surface area contributed by atoms with Crippen molar-refractivity contribution in [1.82, 2.24) is 4.72 Å². The lowest BCUT2D eigenvalue weighted by atomic mass is 10.0. The number of sulfonamides is 1. The maximum atomic E-state index is 12.2. The number of nitrogens with one attached hydrogen (secondary N) is 2. The number of benzene rings is 2. The Labute approximate surface area is 177 Å². The van der Waals surface area contributed by atoms with Crippen molar-refractivity contribution in [2.75, 3.05) is 18.5 Å². The van der Waals surface area contributed by atoms with E-state index in [9.17, 15) is 26.4 Å². The number of fused-ring (bicyclic) bond motifs is 1. The van der Waals surface area contributed by atoms with E-state index in [-0.39, 0.29) is 22.8 Å². The molecule has 168 valence electrons. The highest BCUT2D eigenvalue weighted by Crippen LogP contribution is 2.41. The smallest absolute Gasteiger partial charge is 0.402 e. The van der Waals surface area contributed by atoms with Crippen molar-refractivity contribution in [3.05, 3.63) is 48.0 Å². The number of carbonyl (C=O) groups is 1. The van der Waals surface area contributed by atoms with Gasteiger partial charge in [0.1, 0.15) is 12.1 Å². The van der Waals surface area contributed by atoms with Crippen molar-refractivity contribution in [3.63, 3.8) is 0 Å². The van der Waals surface area contributed by atoms with Crippen LogP contribution in [0.1, 0.15) is 19.4 Å². The molecule has 11 heteroatoms. The molecule has 0 spiro atoms. The monoisotopic (exact) mass is 458 g/mol. The Morgan fingerprint density at radius 2 is 1.84 bits per heavy atom. The molecule has 2 aromatic carbocycles. The average molecular weight is 458 g/mol. The van der Waals surface area contributed by atoms with Gasteiger partial charge in [0.15, 0.2) is 18.1 Å². The Hall–Kier alpha value is -2.79. The number of ether oxygens (including phenoxy) is 2. The number of halogens is 3. The van der Waals surface area contributed by atoms with E-state index < -0.39 is 28.7 Å². The fourth-order valence-corrected chi connectivity index (χ4v) is 4.03. The highest BCUT2D eigenvalue weighted by molar-refractivity contribution is 7.89. The molecular weight excluding hydrogens is 437 g/mol. The predicted octanol–water partition coefficient (Wildman–Crippen LogP) is 3.26. The van der Waals surface area contributed by atoms with Crippen LogP contribution < -0.4 is 19.5 Å². The first-order chi connectivity index (χ1) is 14.3. The van der Waals surface area contributed by atoms with E-state index in [0.717, 1.165) is 24.1 Å². The van der Waals surface area contributed by atoms with Gasteiger partial charge in [0.25, 0.3) is 5.91 Å². The minimum Gasteiger partial charge on any atom is -0.483 e.